The van der Waals surface area contributed by atoms with Gasteiger partial charge in [0.15, 0.2) is 0 Å². The number of ether oxygens (including phenoxy) is 1. The van der Waals surface area contributed by atoms with Crippen LogP contribution in [0.1, 0.15) is 33.4 Å². The van der Waals surface area contributed by atoms with Gasteiger partial charge in [0.2, 0.25) is 0 Å². The smallest absolute Gasteiger partial charge is 0.407 e. The fraction of sp³-hybridized carbons (Fsp3) is 0.471. The zero-order valence-electron chi connectivity index (χ0n) is 13.5. The van der Waals surface area contributed by atoms with Gasteiger partial charge in [0.25, 0.3) is 0 Å². The van der Waals surface area contributed by atoms with E-state index < -0.39 is 23.8 Å². The van der Waals surface area contributed by atoms with E-state index in [4.69, 9.17) is 4.74 Å². The second-order valence-electron chi connectivity index (χ2n) is 6.58. The van der Waals surface area contributed by atoms with Gasteiger partial charge in [0, 0.05) is 17.6 Å². The van der Waals surface area contributed by atoms with E-state index in [0.29, 0.717) is 6.42 Å². The molecular weight excluding hydrogens is 280 g/mol. The van der Waals surface area contributed by atoms with Crippen molar-refractivity contribution in [2.75, 3.05) is 0 Å². The van der Waals surface area contributed by atoms with E-state index in [2.05, 4.69) is 10.3 Å². The molecule has 2 rings (SSSR count). The van der Waals surface area contributed by atoms with Crippen molar-refractivity contribution in [3.63, 3.8) is 0 Å². The lowest BCUT2D eigenvalue weighted by Crippen LogP contribution is -2.45. The second kappa shape index (κ2) is 6.40. The molecule has 0 aliphatic carbocycles. The fourth-order valence-electron chi connectivity index (χ4n) is 2.28. The maximum absolute atomic E-state index is 11.9. The molecule has 120 valence electrons. The van der Waals surface area contributed by atoms with E-state index in [9.17, 15) is 9.90 Å². The van der Waals surface area contributed by atoms with Gasteiger partial charge in [0.1, 0.15) is 5.60 Å². The van der Waals surface area contributed by atoms with Crippen LogP contribution < -0.4 is 5.32 Å². The van der Waals surface area contributed by atoms with Crippen LogP contribution in [0.4, 0.5) is 4.79 Å². The zero-order chi connectivity index (χ0) is 16.3. The van der Waals surface area contributed by atoms with E-state index in [1.165, 1.54) is 0 Å². The summed E-state index contributed by atoms with van der Waals surface area (Å²) < 4.78 is 5.24. The third-order valence-corrected chi connectivity index (χ3v) is 3.31. The molecule has 0 fully saturated rings. The molecule has 3 N–H and O–H groups in total. The van der Waals surface area contributed by atoms with Crippen LogP contribution in [0, 0.1) is 0 Å². The SMILES string of the molecule is C[C@@H](O)[C@@H](Cc1cc2ccccc2[nH]1)NC(=O)OC(C)(C)C. The summed E-state index contributed by atoms with van der Waals surface area (Å²) in [4.78, 5) is 15.2. The Kier molecular flexibility index (Phi) is 4.76. The molecule has 2 atom stereocenters. The Hall–Kier alpha value is -2.01. The molecule has 5 heteroatoms. The maximum Gasteiger partial charge on any atom is 0.407 e. The van der Waals surface area contributed by atoms with Crippen molar-refractivity contribution in [1.29, 1.82) is 0 Å². The molecule has 22 heavy (non-hydrogen) atoms. The minimum atomic E-state index is -0.682. The summed E-state index contributed by atoms with van der Waals surface area (Å²) in [5.41, 5.74) is 1.44. The summed E-state index contributed by atoms with van der Waals surface area (Å²) in [5.74, 6) is 0. The minimum Gasteiger partial charge on any atom is -0.444 e. The summed E-state index contributed by atoms with van der Waals surface area (Å²) in [6.07, 6.45) is -0.695. The molecular formula is C17H24N2O3. The molecule has 0 saturated carbocycles. The number of hydrogen-bond acceptors (Lipinski definition) is 3. The van der Waals surface area contributed by atoms with E-state index in [1.54, 1.807) is 6.92 Å². The molecule has 1 heterocycles. The number of carbonyl (C=O) groups is 1. The predicted molar refractivity (Wildman–Crippen MR) is 86.8 cm³/mol. The van der Waals surface area contributed by atoms with Gasteiger partial charge < -0.3 is 20.1 Å². The quantitative estimate of drug-likeness (QED) is 0.813. The van der Waals surface area contributed by atoms with Gasteiger partial charge in [-0.2, -0.15) is 0 Å². The molecule has 0 radical (unpaired) electrons. The topological polar surface area (TPSA) is 74.4 Å². The van der Waals surface area contributed by atoms with Crippen LogP contribution in [0.25, 0.3) is 10.9 Å². The summed E-state index contributed by atoms with van der Waals surface area (Å²) in [7, 11) is 0. The number of fused-ring (bicyclic) bond motifs is 1. The zero-order valence-corrected chi connectivity index (χ0v) is 13.5. The highest BCUT2D eigenvalue weighted by Crippen LogP contribution is 2.17. The maximum atomic E-state index is 11.9. The van der Waals surface area contributed by atoms with Crippen LogP contribution in [0.2, 0.25) is 0 Å². The Labute approximate surface area is 130 Å². The number of nitrogens with one attached hydrogen (secondary N) is 2. The number of H-pyrrole nitrogens is 1. The van der Waals surface area contributed by atoms with Gasteiger partial charge >= 0.3 is 6.09 Å². The normalized spacial score (nSPS) is 14.6. The number of aromatic nitrogens is 1. The highest BCUT2D eigenvalue weighted by atomic mass is 16.6. The summed E-state index contributed by atoms with van der Waals surface area (Å²) >= 11 is 0. The molecule has 1 aromatic carbocycles. The summed E-state index contributed by atoms with van der Waals surface area (Å²) in [6.45, 7) is 7.08. The van der Waals surface area contributed by atoms with Gasteiger partial charge in [0.05, 0.1) is 12.1 Å². The summed E-state index contributed by atoms with van der Waals surface area (Å²) in [5, 5.41) is 13.8. The van der Waals surface area contributed by atoms with E-state index >= 15 is 0 Å². The lowest BCUT2D eigenvalue weighted by molar-refractivity contribution is 0.0437. The van der Waals surface area contributed by atoms with E-state index in [0.717, 1.165) is 16.6 Å². The first-order valence-electron chi connectivity index (χ1n) is 7.49. The number of aliphatic hydroxyl groups is 1. The van der Waals surface area contributed by atoms with Crippen LogP contribution in [-0.4, -0.2) is 33.9 Å². The summed E-state index contributed by atoms with van der Waals surface area (Å²) in [6, 6.07) is 9.58. The van der Waals surface area contributed by atoms with Crippen LogP contribution in [-0.2, 0) is 11.2 Å². The van der Waals surface area contributed by atoms with Gasteiger partial charge in [-0.25, -0.2) is 4.79 Å². The third kappa shape index (κ3) is 4.49. The Bertz CT molecular complexity index is 608. The average Bonchev–Trinajstić information content (AvgIpc) is 2.77. The first kappa shape index (κ1) is 16.4. The van der Waals surface area contributed by atoms with Crippen molar-refractivity contribution >= 4 is 17.0 Å². The first-order valence-corrected chi connectivity index (χ1v) is 7.49. The number of aliphatic hydroxyl groups excluding tert-OH is 1. The lowest BCUT2D eigenvalue weighted by atomic mass is 10.1. The lowest BCUT2D eigenvalue weighted by Gasteiger charge is -2.25. The van der Waals surface area contributed by atoms with Crippen LogP contribution in [0.3, 0.4) is 0 Å². The highest BCUT2D eigenvalue weighted by molar-refractivity contribution is 5.80. The van der Waals surface area contributed by atoms with E-state index in [-0.39, 0.29) is 0 Å². The number of aromatic amines is 1. The highest BCUT2D eigenvalue weighted by Gasteiger charge is 2.23. The van der Waals surface area contributed by atoms with Crippen molar-refractivity contribution in [2.24, 2.45) is 0 Å². The molecule has 2 aromatic rings. The van der Waals surface area contributed by atoms with Crippen molar-refractivity contribution in [2.45, 2.75) is 51.9 Å². The van der Waals surface area contributed by atoms with Gasteiger partial charge in [-0.1, -0.05) is 18.2 Å². The van der Waals surface area contributed by atoms with E-state index in [1.807, 2.05) is 51.1 Å². The second-order valence-corrected chi connectivity index (χ2v) is 6.58. The van der Waals surface area contributed by atoms with Crippen molar-refractivity contribution in [3.05, 3.63) is 36.0 Å². The van der Waals surface area contributed by atoms with Crippen LogP contribution in [0.5, 0.6) is 0 Å². The Balaban J connectivity index is 2.06. The largest absolute Gasteiger partial charge is 0.444 e. The number of para-hydroxylation sites is 1. The third-order valence-electron chi connectivity index (χ3n) is 3.31. The molecule has 0 aliphatic heterocycles. The number of benzene rings is 1. The average molecular weight is 304 g/mol. The Morgan fingerprint density at radius 3 is 2.64 bits per heavy atom. The van der Waals surface area contributed by atoms with Crippen LogP contribution >= 0.6 is 0 Å². The molecule has 0 spiro atoms. The van der Waals surface area contributed by atoms with Gasteiger partial charge in [-0.15, -0.1) is 0 Å². The number of hydrogen-bond donors (Lipinski definition) is 3. The number of rotatable bonds is 4. The van der Waals surface area contributed by atoms with Gasteiger partial charge in [-0.05, 0) is 45.2 Å². The minimum absolute atomic E-state index is 0.414. The van der Waals surface area contributed by atoms with Crippen molar-refractivity contribution in [3.8, 4) is 0 Å². The molecule has 5 nitrogen and oxygen atoms in total. The number of carbonyl (C=O) groups excluding carboxylic acids is 1. The molecule has 0 saturated heterocycles. The Morgan fingerprint density at radius 2 is 2.05 bits per heavy atom. The monoisotopic (exact) mass is 304 g/mol. The predicted octanol–water partition coefficient (Wildman–Crippen LogP) is 2.98. The van der Waals surface area contributed by atoms with Crippen molar-refractivity contribution < 1.29 is 14.6 Å². The number of alkyl carbamates (subject to hydrolysis) is 1. The molecule has 1 aromatic heterocycles. The van der Waals surface area contributed by atoms with Crippen molar-refractivity contribution in [1.82, 2.24) is 10.3 Å². The van der Waals surface area contributed by atoms with Gasteiger partial charge in [-0.3, -0.25) is 0 Å². The Morgan fingerprint density at radius 1 is 1.36 bits per heavy atom. The number of amides is 1. The first-order chi connectivity index (χ1) is 10.2. The van der Waals surface area contributed by atoms with Crippen LogP contribution in [0.15, 0.2) is 30.3 Å². The molecule has 0 bridgehead atoms. The molecule has 0 aliphatic rings. The standard InChI is InChI=1S/C17H24N2O3/c1-11(20)15(19-16(21)22-17(2,3)4)10-13-9-12-7-5-6-8-14(12)18-13/h5-9,11,15,18,20H,10H2,1-4H3,(H,19,21)/t11-,15-/m1/s1. The molecule has 1 amide bonds. The molecule has 0 unspecified atom stereocenters. The fourth-order valence-corrected chi connectivity index (χ4v) is 2.28.